The third-order valence-electron chi connectivity index (χ3n) is 13.5. The normalized spacial score (nSPS) is 12.1. The minimum absolute atomic E-state index is 0.654. The summed E-state index contributed by atoms with van der Waals surface area (Å²) in [6.07, 6.45) is 0. The maximum Gasteiger partial charge on any atom is 0.235 e. The fraction of sp³-hybridized carbons (Fsp3) is 0. The number of aromatic nitrogens is 4. The largest absolute Gasteiger partial charge is 0.309 e. The highest BCUT2D eigenvalue weighted by atomic mass is 15.2. The lowest BCUT2D eigenvalue weighted by Gasteiger charge is -2.16. The van der Waals surface area contributed by atoms with Gasteiger partial charge in [-0.2, -0.15) is 0 Å². The molecule has 0 radical (unpaired) electrons. The van der Waals surface area contributed by atoms with E-state index in [4.69, 9.17) is 9.97 Å². The molecule has 0 bridgehead atoms. The van der Waals surface area contributed by atoms with Gasteiger partial charge < -0.3 is 4.57 Å². The van der Waals surface area contributed by atoms with Crippen LogP contribution in [0.1, 0.15) is 0 Å². The Kier molecular flexibility index (Phi) is 7.36. The van der Waals surface area contributed by atoms with E-state index < -0.39 is 0 Å². The van der Waals surface area contributed by atoms with Crippen molar-refractivity contribution in [3.8, 4) is 34.0 Å². The van der Waals surface area contributed by atoms with Gasteiger partial charge in [-0.3, -0.25) is 4.57 Å². The Morgan fingerprint density at radius 3 is 1.75 bits per heavy atom. The molecule has 14 rings (SSSR count). The number of rotatable bonds is 4. The number of hydrogen-bond donors (Lipinski definition) is 0. The van der Waals surface area contributed by atoms with Crippen molar-refractivity contribution < 1.29 is 0 Å². The first-order valence-electron chi connectivity index (χ1n) is 21.9. The second-order valence-corrected chi connectivity index (χ2v) is 16.9. The average Bonchev–Trinajstić information content (AvgIpc) is 3.89. The second kappa shape index (κ2) is 13.4. The molecule has 296 valence electrons. The van der Waals surface area contributed by atoms with Gasteiger partial charge in [-0.1, -0.05) is 164 Å². The standard InChI is InChI=1S/C60H36N4/c1-2-18-41(19-3-1)63-53-28-14-11-22-44(53)50-35-39(32-33-55(50)63)49-36-51-43-21-7-9-24-46(43)59-57(56(51)45-23-8-6-20-42(45)49)48-26-12-15-29-54(48)64(59)60-61-52-27-13-10-25-47(52)58(62-60)40-31-30-37-16-4-5-17-38(37)34-40/h1-36H. The Morgan fingerprint density at radius 2 is 0.922 bits per heavy atom. The van der Waals surface area contributed by atoms with E-state index in [1.165, 1.54) is 81.4 Å². The van der Waals surface area contributed by atoms with Crippen molar-refractivity contribution in [2.75, 3.05) is 0 Å². The van der Waals surface area contributed by atoms with Crippen LogP contribution in [0.3, 0.4) is 0 Å². The van der Waals surface area contributed by atoms with Gasteiger partial charge in [-0.25, -0.2) is 9.97 Å². The Morgan fingerprint density at radius 1 is 0.312 bits per heavy atom. The van der Waals surface area contributed by atoms with Crippen LogP contribution in [0.25, 0.3) is 132 Å². The summed E-state index contributed by atoms with van der Waals surface area (Å²) in [6, 6.07) is 79.1. The van der Waals surface area contributed by atoms with Gasteiger partial charge in [0.05, 0.1) is 33.3 Å². The lowest BCUT2D eigenvalue weighted by Crippen LogP contribution is -2.04. The van der Waals surface area contributed by atoms with E-state index in [0.717, 1.165) is 44.3 Å². The second-order valence-electron chi connectivity index (χ2n) is 16.9. The van der Waals surface area contributed by atoms with Gasteiger partial charge in [0.15, 0.2) is 0 Å². The highest BCUT2D eigenvalue weighted by molar-refractivity contribution is 6.38. The van der Waals surface area contributed by atoms with Gasteiger partial charge in [0.25, 0.3) is 0 Å². The number of benzene rings is 11. The molecular weight excluding hydrogens is 777 g/mol. The first-order valence-corrected chi connectivity index (χ1v) is 21.9. The SMILES string of the molecule is c1ccc(-n2c3ccccc3c3cc(-c4cc5c6ccccc6c6c(c7ccccc7n6-c6nc(-c7ccc8ccccc8c7)c7ccccc7n6)c5c5ccccc45)ccc32)cc1. The molecule has 0 aliphatic heterocycles. The van der Waals surface area contributed by atoms with E-state index >= 15 is 0 Å². The Bertz CT molecular complexity index is 4250. The van der Waals surface area contributed by atoms with Crippen molar-refractivity contribution in [2.45, 2.75) is 0 Å². The molecule has 14 aromatic rings. The molecular formula is C60H36N4. The van der Waals surface area contributed by atoms with E-state index in [0.29, 0.717) is 5.95 Å². The Hall–Kier alpha value is -8.60. The molecule has 0 fully saturated rings. The summed E-state index contributed by atoms with van der Waals surface area (Å²) in [5.41, 5.74) is 11.0. The average molecular weight is 813 g/mol. The van der Waals surface area contributed by atoms with Crippen LogP contribution in [-0.2, 0) is 0 Å². The smallest absolute Gasteiger partial charge is 0.235 e. The fourth-order valence-corrected chi connectivity index (χ4v) is 10.7. The minimum Gasteiger partial charge on any atom is -0.309 e. The number of para-hydroxylation sites is 4. The highest BCUT2D eigenvalue weighted by Gasteiger charge is 2.24. The van der Waals surface area contributed by atoms with E-state index in [1.54, 1.807) is 0 Å². The molecule has 0 aliphatic carbocycles. The van der Waals surface area contributed by atoms with Crippen LogP contribution in [-0.4, -0.2) is 19.1 Å². The summed E-state index contributed by atoms with van der Waals surface area (Å²) in [4.78, 5) is 10.9. The predicted molar refractivity (Wildman–Crippen MR) is 269 cm³/mol. The molecule has 0 spiro atoms. The first kappa shape index (κ1) is 35.0. The zero-order valence-electron chi connectivity index (χ0n) is 34.6. The molecule has 0 unspecified atom stereocenters. The maximum atomic E-state index is 5.54. The van der Waals surface area contributed by atoms with Crippen LogP contribution >= 0.6 is 0 Å². The summed E-state index contributed by atoms with van der Waals surface area (Å²) in [7, 11) is 0. The molecule has 0 N–H and O–H groups in total. The molecule has 4 nitrogen and oxygen atoms in total. The van der Waals surface area contributed by atoms with E-state index in [2.05, 4.69) is 228 Å². The third kappa shape index (κ3) is 4.99. The van der Waals surface area contributed by atoms with Gasteiger partial charge >= 0.3 is 0 Å². The van der Waals surface area contributed by atoms with Crippen LogP contribution < -0.4 is 0 Å². The molecule has 64 heavy (non-hydrogen) atoms. The van der Waals surface area contributed by atoms with Crippen molar-refractivity contribution in [3.63, 3.8) is 0 Å². The molecule has 0 saturated heterocycles. The summed E-state index contributed by atoms with van der Waals surface area (Å²) < 4.78 is 4.71. The predicted octanol–water partition coefficient (Wildman–Crippen LogP) is 15.8. The minimum atomic E-state index is 0.654. The zero-order chi connectivity index (χ0) is 41.9. The summed E-state index contributed by atoms with van der Waals surface area (Å²) >= 11 is 0. The van der Waals surface area contributed by atoms with E-state index in [-0.39, 0.29) is 0 Å². The van der Waals surface area contributed by atoms with Crippen LogP contribution in [0.4, 0.5) is 0 Å². The molecule has 4 heteroatoms. The lowest BCUT2D eigenvalue weighted by atomic mass is 9.88. The summed E-state index contributed by atoms with van der Waals surface area (Å²) in [5.74, 6) is 0.654. The first-order chi connectivity index (χ1) is 31.8. The molecule has 0 amide bonds. The lowest BCUT2D eigenvalue weighted by molar-refractivity contribution is 1.02. The van der Waals surface area contributed by atoms with Gasteiger partial charge in [0, 0.05) is 49.0 Å². The van der Waals surface area contributed by atoms with Crippen molar-refractivity contribution in [3.05, 3.63) is 218 Å². The monoisotopic (exact) mass is 812 g/mol. The number of fused-ring (bicyclic) bond motifs is 15. The number of nitrogens with zero attached hydrogens (tertiary/aromatic N) is 4. The Labute approximate surface area is 367 Å². The van der Waals surface area contributed by atoms with Crippen LogP contribution in [0.2, 0.25) is 0 Å². The highest BCUT2D eigenvalue weighted by Crippen LogP contribution is 2.47. The quantitative estimate of drug-likeness (QED) is 0.166. The van der Waals surface area contributed by atoms with Crippen LogP contribution in [0.15, 0.2) is 218 Å². The Balaban J connectivity index is 1.08. The maximum absolute atomic E-state index is 5.54. The van der Waals surface area contributed by atoms with Crippen molar-refractivity contribution in [2.24, 2.45) is 0 Å². The van der Waals surface area contributed by atoms with Crippen molar-refractivity contribution in [1.82, 2.24) is 19.1 Å². The van der Waals surface area contributed by atoms with Gasteiger partial charge in [0.2, 0.25) is 5.95 Å². The van der Waals surface area contributed by atoms with Crippen molar-refractivity contribution in [1.29, 1.82) is 0 Å². The summed E-state index contributed by atoms with van der Waals surface area (Å²) in [6.45, 7) is 0. The van der Waals surface area contributed by atoms with E-state index in [9.17, 15) is 0 Å². The molecule has 0 saturated carbocycles. The molecule has 3 aromatic heterocycles. The topological polar surface area (TPSA) is 35.6 Å². The molecule has 0 aliphatic rings. The zero-order valence-corrected chi connectivity index (χ0v) is 34.6. The number of hydrogen-bond acceptors (Lipinski definition) is 2. The summed E-state index contributed by atoms with van der Waals surface area (Å²) in [5, 5.41) is 15.5. The fourth-order valence-electron chi connectivity index (χ4n) is 10.7. The van der Waals surface area contributed by atoms with Crippen molar-refractivity contribution >= 4 is 97.6 Å². The van der Waals surface area contributed by atoms with Gasteiger partial charge in [-0.05, 0) is 98.0 Å². The van der Waals surface area contributed by atoms with Gasteiger partial charge in [-0.15, -0.1) is 0 Å². The van der Waals surface area contributed by atoms with Crippen LogP contribution in [0.5, 0.6) is 0 Å². The van der Waals surface area contributed by atoms with E-state index in [1.807, 2.05) is 0 Å². The van der Waals surface area contributed by atoms with Gasteiger partial charge in [0.1, 0.15) is 0 Å². The molecule has 0 atom stereocenters. The van der Waals surface area contributed by atoms with Crippen LogP contribution in [0, 0.1) is 0 Å². The molecule has 3 heterocycles. The molecule has 11 aromatic carbocycles. The third-order valence-corrected chi connectivity index (χ3v) is 13.5.